The van der Waals surface area contributed by atoms with Crippen LogP contribution in [0.3, 0.4) is 0 Å². The molecule has 84 valence electrons. The molecule has 0 spiro atoms. The van der Waals surface area contributed by atoms with Crippen LogP contribution in [0.1, 0.15) is 24.8 Å². The molecule has 2 nitrogen and oxygen atoms in total. The Hall–Kier alpha value is -1.57. The summed E-state index contributed by atoms with van der Waals surface area (Å²) in [5, 5.41) is 2.94. The van der Waals surface area contributed by atoms with Gasteiger partial charge in [-0.25, -0.2) is 0 Å². The number of hydrogen-bond donors (Lipinski definition) is 1. The summed E-state index contributed by atoms with van der Waals surface area (Å²) >= 11 is 0. The van der Waals surface area contributed by atoms with E-state index in [0.717, 1.165) is 18.5 Å². The van der Waals surface area contributed by atoms with Crippen LogP contribution < -0.4 is 5.32 Å². The maximum Gasteiger partial charge on any atom is 0.224 e. The number of nitrogens with one attached hydrogen (secondary N) is 1. The molecule has 0 heterocycles. The highest BCUT2D eigenvalue weighted by molar-refractivity contribution is 5.91. The van der Waals surface area contributed by atoms with Crippen molar-refractivity contribution in [3.63, 3.8) is 0 Å². The smallest absolute Gasteiger partial charge is 0.224 e. The van der Waals surface area contributed by atoms with E-state index in [1.807, 2.05) is 31.2 Å². The van der Waals surface area contributed by atoms with Gasteiger partial charge in [0.1, 0.15) is 0 Å². The molecule has 0 fully saturated rings. The van der Waals surface area contributed by atoms with Gasteiger partial charge in [-0.15, -0.1) is 0 Å². The second-order valence-corrected chi connectivity index (χ2v) is 4.39. The molecule has 1 aromatic rings. The van der Waals surface area contributed by atoms with Crippen LogP contribution in [0.4, 0.5) is 5.69 Å². The fourth-order valence-corrected chi connectivity index (χ4v) is 2.04. The molecule has 1 atom stereocenters. The van der Waals surface area contributed by atoms with Crippen molar-refractivity contribution in [3.8, 4) is 0 Å². The minimum Gasteiger partial charge on any atom is -0.326 e. The van der Waals surface area contributed by atoms with Gasteiger partial charge in [0.15, 0.2) is 0 Å². The number of benzene rings is 1. The van der Waals surface area contributed by atoms with Gasteiger partial charge in [0.25, 0.3) is 0 Å². The van der Waals surface area contributed by atoms with Gasteiger partial charge in [0.05, 0.1) is 0 Å². The Kier molecular flexibility index (Phi) is 3.40. The Labute approximate surface area is 96.4 Å². The van der Waals surface area contributed by atoms with Crippen LogP contribution in [-0.4, -0.2) is 5.91 Å². The van der Waals surface area contributed by atoms with Crippen molar-refractivity contribution in [1.82, 2.24) is 0 Å². The molecule has 2 rings (SSSR count). The lowest BCUT2D eigenvalue weighted by molar-refractivity contribution is -0.116. The van der Waals surface area contributed by atoms with E-state index in [1.54, 1.807) is 0 Å². The number of anilines is 1. The summed E-state index contributed by atoms with van der Waals surface area (Å²) in [7, 11) is 0. The molecule has 0 aromatic heterocycles. The molecule has 0 saturated heterocycles. The first-order valence-corrected chi connectivity index (χ1v) is 5.77. The van der Waals surface area contributed by atoms with E-state index < -0.39 is 0 Å². The summed E-state index contributed by atoms with van der Waals surface area (Å²) in [4.78, 5) is 11.7. The van der Waals surface area contributed by atoms with Crippen molar-refractivity contribution in [2.75, 3.05) is 5.32 Å². The Morgan fingerprint density at radius 1 is 1.50 bits per heavy atom. The number of hydrogen-bond acceptors (Lipinski definition) is 1. The van der Waals surface area contributed by atoms with Crippen LogP contribution in [0.5, 0.6) is 0 Å². The maximum atomic E-state index is 11.7. The largest absolute Gasteiger partial charge is 0.326 e. The van der Waals surface area contributed by atoms with Crippen molar-refractivity contribution in [2.24, 2.45) is 5.92 Å². The van der Waals surface area contributed by atoms with Gasteiger partial charge in [-0.3, -0.25) is 4.79 Å². The summed E-state index contributed by atoms with van der Waals surface area (Å²) in [6.07, 6.45) is 7.13. The molecule has 1 aliphatic rings. The number of rotatable bonds is 3. The Balaban J connectivity index is 1.89. The molecular formula is C14H17NO. The topological polar surface area (TPSA) is 29.1 Å². The van der Waals surface area contributed by atoms with Crippen molar-refractivity contribution < 1.29 is 4.79 Å². The van der Waals surface area contributed by atoms with E-state index >= 15 is 0 Å². The third-order valence-electron chi connectivity index (χ3n) is 2.86. The minimum absolute atomic E-state index is 0.113. The van der Waals surface area contributed by atoms with Gasteiger partial charge < -0.3 is 5.32 Å². The van der Waals surface area contributed by atoms with Crippen molar-refractivity contribution in [1.29, 1.82) is 0 Å². The zero-order valence-electron chi connectivity index (χ0n) is 9.57. The highest BCUT2D eigenvalue weighted by Crippen LogP contribution is 2.21. The molecule has 16 heavy (non-hydrogen) atoms. The fraction of sp³-hybridized carbons (Fsp3) is 0.357. The number of amides is 1. The van der Waals surface area contributed by atoms with Crippen LogP contribution in [0.15, 0.2) is 36.4 Å². The van der Waals surface area contributed by atoms with E-state index in [0.29, 0.717) is 12.3 Å². The lowest BCUT2D eigenvalue weighted by Gasteiger charge is -2.09. The second-order valence-electron chi connectivity index (χ2n) is 4.39. The van der Waals surface area contributed by atoms with Crippen LogP contribution in [0.2, 0.25) is 0 Å². The quantitative estimate of drug-likeness (QED) is 0.770. The summed E-state index contributed by atoms with van der Waals surface area (Å²) in [5.41, 5.74) is 2.06. The maximum absolute atomic E-state index is 11.7. The monoisotopic (exact) mass is 215 g/mol. The average Bonchev–Trinajstić information content (AvgIpc) is 2.70. The molecule has 1 amide bonds. The highest BCUT2D eigenvalue weighted by atomic mass is 16.1. The van der Waals surface area contributed by atoms with E-state index in [2.05, 4.69) is 17.5 Å². The lowest BCUT2D eigenvalue weighted by Crippen LogP contribution is -2.14. The van der Waals surface area contributed by atoms with E-state index in [-0.39, 0.29) is 5.91 Å². The predicted molar refractivity (Wildman–Crippen MR) is 66.3 cm³/mol. The first-order chi connectivity index (χ1) is 7.74. The zero-order valence-corrected chi connectivity index (χ0v) is 9.57. The summed E-state index contributed by atoms with van der Waals surface area (Å²) in [5.74, 6) is 0.548. The van der Waals surface area contributed by atoms with Gasteiger partial charge in [-0.05, 0) is 43.4 Å². The third kappa shape index (κ3) is 2.96. The molecule has 1 unspecified atom stereocenters. The van der Waals surface area contributed by atoms with E-state index in [1.165, 1.54) is 5.56 Å². The number of carbonyl (C=O) groups is 1. The number of carbonyl (C=O) groups excluding carboxylic acids is 1. The minimum atomic E-state index is 0.113. The van der Waals surface area contributed by atoms with Gasteiger partial charge in [-0.1, -0.05) is 24.3 Å². The lowest BCUT2D eigenvalue weighted by atomic mass is 10.0. The number of allylic oxidation sites excluding steroid dienone is 2. The second kappa shape index (κ2) is 4.97. The predicted octanol–water partition coefficient (Wildman–Crippen LogP) is 3.29. The SMILES string of the molecule is Cc1cccc(NC(=O)CC2C=CCC2)c1. The van der Waals surface area contributed by atoms with Gasteiger partial charge >= 0.3 is 0 Å². The first-order valence-electron chi connectivity index (χ1n) is 5.77. The molecule has 1 aromatic carbocycles. The van der Waals surface area contributed by atoms with Gasteiger partial charge in [-0.2, -0.15) is 0 Å². The molecule has 0 radical (unpaired) electrons. The highest BCUT2D eigenvalue weighted by Gasteiger charge is 2.13. The zero-order chi connectivity index (χ0) is 11.4. The van der Waals surface area contributed by atoms with Gasteiger partial charge in [0, 0.05) is 12.1 Å². The standard InChI is InChI=1S/C14H17NO/c1-11-5-4-8-13(9-11)15-14(16)10-12-6-2-3-7-12/h2,4-6,8-9,12H,3,7,10H2,1H3,(H,15,16). The summed E-state index contributed by atoms with van der Waals surface area (Å²) < 4.78 is 0. The van der Waals surface area contributed by atoms with Crippen LogP contribution in [0.25, 0.3) is 0 Å². The molecule has 1 N–H and O–H groups in total. The third-order valence-corrected chi connectivity index (χ3v) is 2.86. The summed E-state index contributed by atoms with van der Waals surface area (Å²) in [6.45, 7) is 2.02. The van der Waals surface area contributed by atoms with E-state index in [4.69, 9.17) is 0 Å². The van der Waals surface area contributed by atoms with Crippen LogP contribution in [0, 0.1) is 12.8 Å². The molecular weight excluding hydrogens is 198 g/mol. The Bertz CT molecular complexity index is 409. The van der Waals surface area contributed by atoms with Crippen LogP contribution >= 0.6 is 0 Å². The van der Waals surface area contributed by atoms with Crippen LogP contribution in [-0.2, 0) is 4.79 Å². The molecule has 1 aliphatic carbocycles. The van der Waals surface area contributed by atoms with Crippen molar-refractivity contribution in [2.45, 2.75) is 26.2 Å². The fourth-order valence-electron chi connectivity index (χ4n) is 2.04. The van der Waals surface area contributed by atoms with E-state index in [9.17, 15) is 4.79 Å². The van der Waals surface area contributed by atoms with Gasteiger partial charge in [0.2, 0.25) is 5.91 Å². The first kappa shape index (κ1) is 10.9. The molecule has 0 bridgehead atoms. The Morgan fingerprint density at radius 2 is 2.38 bits per heavy atom. The molecule has 0 aliphatic heterocycles. The summed E-state index contributed by atoms with van der Waals surface area (Å²) in [6, 6.07) is 7.90. The van der Waals surface area contributed by atoms with Crippen molar-refractivity contribution >= 4 is 11.6 Å². The average molecular weight is 215 g/mol. The Morgan fingerprint density at radius 3 is 3.06 bits per heavy atom. The normalized spacial score (nSPS) is 18.7. The molecule has 2 heteroatoms. The van der Waals surface area contributed by atoms with Crippen molar-refractivity contribution in [3.05, 3.63) is 42.0 Å². The number of aryl methyl sites for hydroxylation is 1. The molecule has 0 saturated carbocycles.